The molecule has 0 unspecified atom stereocenters. The van der Waals surface area contributed by atoms with Crippen LogP contribution in [0.3, 0.4) is 0 Å². The van der Waals surface area contributed by atoms with E-state index in [0.717, 1.165) is 28.5 Å². The average molecular weight is 431 g/mol. The predicted octanol–water partition coefficient (Wildman–Crippen LogP) is 4.73. The zero-order valence-electron chi connectivity index (χ0n) is 19.1. The number of nitrogens with one attached hydrogen (secondary N) is 1. The Morgan fingerprint density at radius 1 is 0.933 bits per heavy atom. The molecule has 1 N–H and O–H groups in total. The van der Waals surface area contributed by atoms with Crippen LogP contribution >= 0.6 is 0 Å². The van der Waals surface area contributed by atoms with E-state index in [0.29, 0.717) is 18.5 Å². The second kappa shape index (κ2) is 9.65. The largest absolute Gasteiger partial charge is 0.347 e. The van der Waals surface area contributed by atoms with Crippen LogP contribution in [0.15, 0.2) is 36.4 Å². The monoisotopic (exact) mass is 430 g/mol. The summed E-state index contributed by atoms with van der Waals surface area (Å²) in [5.74, 6) is -0.282. The highest BCUT2D eigenvalue weighted by molar-refractivity contribution is 7.92. The van der Waals surface area contributed by atoms with Crippen molar-refractivity contribution in [3.8, 4) is 0 Å². The lowest BCUT2D eigenvalue weighted by Crippen LogP contribution is -2.50. The summed E-state index contributed by atoms with van der Waals surface area (Å²) >= 11 is 0. The Kier molecular flexibility index (Phi) is 7.70. The first-order chi connectivity index (χ1) is 14.0. The van der Waals surface area contributed by atoms with Crippen molar-refractivity contribution < 1.29 is 13.2 Å². The van der Waals surface area contributed by atoms with Crippen molar-refractivity contribution in [2.45, 2.75) is 66.5 Å². The first-order valence-electron chi connectivity index (χ1n) is 10.4. The van der Waals surface area contributed by atoms with Crippen LogP contribution in [-0.4, -0.2) is 26.6 Å². The Balaban J connectivity index is 2.43. The van der Waals surface area contributed by atoms with E-state index in [1.165, 1.54) is 9.87 Å². The van der Waals surface area contributed by atoms with Crippen LogP contribution in [0.5, 0.6) is 0 Å². The highest BCUT2D eigenvalue weighted by Crippen LogP contribution is 2.28. The molecule has 0 aliphatic heterocycles. The molecule has 0 aliphatic carbocycles. The van der Waals surface area contributed by atoms with E-state index >= 15 is 0 Å². The number of nitrogens with zero attached hydrogens (tertiary/aromatic N) is 1. The maximum Gasteiger partial charge on any atom is 0.244 e. The third-order valence-corrected chi connectivity index (χ3v) is 6.62. The van der Waals surface area contributed by atoms with Gasteiger partial charge >= 0.3 is 0 Å². The van der Waals surface area contributed by atoms with Crippen LogP contribution in [0.2, 0.25) is 0 Å². The van der Waals surface area contributed by atoms with Crippen LogP contribution in [-0.2, 0) is 14.8 Å². The number of benzene rings is 2. The van der Waals surface area contributed by atoms with Crippen LogP contribution in [0.1, 0.15) is 60.5 Å². The zero-order valence-corrected chi connectivity index (χ0v) is 19.9. The predicted molar refractivity (Wildman–Crippen MR) is 124 cm³/mol. The summed E-state index contributed by atoms with van der Waals surface area (Å²) in [7, 11) is -3.66. The lowest BCUT2D eigenvalue weighted by molar-refractivity contribution is -0.123. The number of aryl methyl sites for hydroxylation is 4. The molecular formula is C24H34N2O3S. The van der Waals surface area contributed by atoms with E-state index in [-0.39, 0.29) is 11.9 Å². The molecule has 0 saturated carbocycles. The van der Waals surface area contributed by atoms with Crippen molar-refractivity contribution in [1.82, 2.24) is 5.32 Å². The van der Waals surface area contributed by atoms with Crippen LogP contribution in [0.25, 0.3) is 0 Å². The molecule has 0 radical (unpaired) electrons. The Hall–Kier alpha value is -2.34. The van der Waals surface area contributed by atoms with Gasteiger partial charge in [0.05, 0.1) is 18.0 Å². The quantitative estimate of drug-likeness (QED) is 0.658. The van der Waals surface area contributed by atoms with E-state index < -0.39 is 16.1 Å². The van der Waals surface area contributed by atoms with E-state index in [2.05, 4.69) is 11.4 Å². The second-order valence-electron chi connectivity index (χ2n) is 8.10. The molecular weight excluding hydrogens is 396 g/mol. The molecule has 5 nitrogen and oxygen atoms in total. The molecule has 6 heteroatoms. The number of amides is 1. The summed E-state index contributed by atoms with van der Waals surface area (Å²) in [6.45, 7) is 11.7. The topological polar surface area (TPSA) is 66.5 Å². The van der Waals surface area contributed by atoms with Crippen molar-refractivity contribution >= 4 is 21.6 Å². The lowest BCUT2D eigenvalue weighted by atomic mass is 9.97. The molecule has 1 amide bonds. The third-order valence-electron chi connectivity index (χ3n) is 5.46. The van der Waals surface area contributed by atoms with Crippen LogP contribution < -0.4 is 9.62 Å². The molecule has 0 aliphatic rings. The van der Waals surface area contributed by atoms with Gasteiger partial charge in [0.2, 0.25) is 15.9 Å². The van der Waals surface area contributed by atoms with Gasteiger partial charge in [-0.05, 0) is 68.9 Å². The molecule has 0 saturated heterocycles. The summed E-state index contributed by atoms with van der Waals surface area (Å²) in [5.41, 5.74) is 5.66. The molecule has 0 aromatic heterocycles. The zero-order chi connectivity index (χ0) is 22.6. The molecule has 0 fully saturated rings. The molecule has 2 rings (SSSR count). The second-order valence-corrected chi connectivity index (χ2v) is 9.96. The van der Waals surface area contributed by atoms with Crippen LogP contribution in [0.4, 0.5) is 5.69 Å². The van der Waals surface area contributed by atoms with E-state index in [1.807, 2.05) is 71.9 Å². The normalized spacial score (nSPS) is 13.6. The maximum absolute atomic E-state index is 13.3. The van der Waals surface area contributed by atoms with Gasteiger partial charge in [-0.3, -0.25) is 9.10 Å². The van der Waals surface area contributed by atoms with E-state index in [1.54, 1.807) is 0 Å². The van der Waals surface area contributed by atoms with E-state index in [4.69, 9.17) is 0 Å². The Bertz CT molecular complexity index is 1020. The number of anilines is 1. The SMILES string of the molecule is CC[C@H](C(=O)N[C@H](CC)c1ccc(C)cc1C)N(c1cc(C)ccc1C)S(C)(=O)=O. The molecule has 0 bridgehead atoms. The lowest BCUT2D eigenvalue weighted by Gasteiger charge is -2.33. The Morgan fingerprint density at radius 3 is 2.07 bits per heavy atom. The summed E-state index contributed by atoms with van der Waals surface area (Å²) in [5, 5.41) is 3.11. The van der Waals surface area contributed by atoms with Gasteiger partial charge in [-0.25, -0.2) is 8.42 Å². The number of sulfonamides is 1. The van der Waals surface area contributed by atoms with Gasteiger partial charge in [-0.15, -0.1) is 0 Å². The average Bonchev–Trinajstić information content (AvgIpc) is 2.65. The highest BCUT2D eigenvalue weighted by Gasteiger charge is 2.33. The Labute approximate surface area is 181 Å². The standard InChI is InChI=1S/C24H34N2O3S/c1-8-21(20-13-11-16(3)14-19(20)6)25-24(27)22(9-2)26(30(7,28)29)23-15-17(4)10-12-18(23)5/h10-15,21-22H,8-9H2,1-7H3,(H,25,27)/t21-,22-/m1/s1. The van der Waals surface area contributed by atoms with Gasteiger partial charge < -0.3 is 5.32 Å². The van der Waals surface area contributed by atoms with Crippen molar-refractivity contribution in [2.24, 2.45) is 0 Å². The molecule has 0 spiro atoms. The van der Waals surface area contributed by atoms with Gasteiger partial charge in [-0.2, -0.15) is 0 Å². The smallest absolute Gasteiger partial charge is 0.244 e. The third kappa shape index (κ3) is 5.42. The Morgan fingerprint density at radius 2 is 1.53 bits per heavy atom. The number of hydrogen-bond acceptors (Lipinski definition) is 3. The maximum atomic E-state index is 13.3. The van der Waals surface area contributed by atoms with Gasteiger partial charge in [-0.1, -0.05) is 49.7 Å². The minimum absolute atomic E-state index is 0.174. The number of carbonyl (C=O) groups excluding carboxylic acids is 1. The van der Waals surface area contributed by atoms with Crippen molar-refractivity contribution in [1.29, 1.82) is 0 Å². The minimum atomic E-state index is -3.66. The molecule has 2 atom stereocenters. The fourth-order valence-corrected chi connectivity index (χ4v) is 5.14. The molecule has 0 heterocycles. The van der Waals surface area contributed by atoms with Gasteiger partial charge in [0.25, 0.3) is 0 Å². The van der Waals surface area contributed by atoms with Crippen molar-refractivity contribution in [3.05, 3.63) is 64.2 Å². The minimum Gasteiger partial charge on any atom is -0.347 e. The van der Waals surface area contributed by atoms with Gasteiger partial charge in [0.15, 0.2) is 0 Å². The molecule has 2 aromatic carbocycles. The van der Waals surface area contributed by atoms with Crippen molar-refractivity contribution in [2.75, 3.05) is 10.6 Å². The number of carbonyl (C=O) groups is 1. The van der Waals surface area contributed by atoms with Crippen molar-refractivity contribution in [3.63, 3.8) is 0 Å². The van der Waals surface area contributed by atoms with E-state index in [9.17, 15) is 13.2 Å². The number of hydrogen-bond donors (Lipinski definition) is 1. The fourth-order valence-electron chi connectivity index (χ4n) is 3.88. The summed E-state index contributed by atoms with van der Waals surface area (Å²) in [6, 6.07) is 10.8. The highest BCUT2D eigenvalue weighted by atomic mass is 32.2. The summed E-state index contributed by atoms with van der Waals surface area (Å²) in [6.07, 6.45) is 2.25. The van der Waals surface area contributed by atoms with Gasteiger partial charge in [0.1, 0.15) is 6.04 Å². The molecule has 30 heavy (non-hydrogen) atoms. The van der Waals surface area contributed by atoms with Crippen LogP contribution in [0, 0.1) is 27.7 Å². The number of rotatable bonds is 8. The first-order valence-corrected chi connectivity index (χ1v) is 12.3. The molecule has 164 valence electrons. The first kappa shape index (κ1) is 23.9. The molecule has 2 aromatic rings. The summed E-state index contributed by atoms with van der Waals surface area (Å²) < 4.78 is 26.8. The summed E-state index contributed by atoms with van der Waals surface area (Å²) in [4.78, 5) is 13.3. The van der Waals surface area contributed by atoms with Gasteiger partial charge in [0, 0.05) is 0 Å². The fraction of sp³-hybridized carbons (Fsp3) is 0.458.